The predicted octanol–water partition coefficient (Wildman–Crippen LogP) is 2.58. The Morgan fingerprint density at radius 1 is 0.440 bits per heavy atom. The molecule has 0 spiro atoms. The van der Waals surface area contributed by atoms with E-state index in [1.165, 1.54) is 7.11 Å². The molecule has 24 nitrogen and oxygen atoms in total. The third kappa shape index (κ3) is 30.7. The van der Waals surface area contributed by atoms with Crippen LogP contribution in [0.1, 0.15) is 121 Å². The first-order valence-corrected chi connectivity index (χ1v) is 35.4. The number of hydrogen-bond donors (Lipinski definition) is 4. The number of likely N-dealkylation sites (tertiary alicyclic amines) is 5. The lowest BCUT2D eigenvalue weighted by Crippen LogP contribution is -2.54. The van der Waals surface area contributed by atoms with Gasteiger partial charge in [-0.3, -0.25) is 28.8 Å². The minimum Gasteiger partial charge on any atom is -0.468 e. The lowest BCUT2D eigenvalue weighted by atomic mass is 9.98. The Morgan fingerprint density at radius 3 is 1.23 bits per heavy atom. The number of likely N-dealkylation sites (N-methyl/N-ethyl adjacent to an activating group) is 4. The van der Waals surface area contributed by atoms with E-state index in [9.17, 15) is 28.8 Å². The number of nitrogens with one attached hydrogen (secondary N) is 4. The molecule has 0 aromatic heterocycles. The maximum atomic E-state index is 12.1. The number of ether oxygens (including phenoxy) is 6. The Balaban J connectivity index is 0.000000234. The average Bonchev–Trinajstić information content (AvgIpc) is 3.38. The molecule has 9 heterocycles. The van der Waals surface area contributed by atoms with Gasteiger partial charge in [-0.05, 0) is 137 Å². The van der Waals surface area contributed by atoms with Crippen molar-refractivity contribution in [3.05, 3.63) is 0 Å². The molecule has 0 radical (unpaired) electrons. The first-order chi connectivity index (χ1) is 43.7. The van der Waals surface area contributed by atoms with Crippen LogP contribution in [0.25, 0.3) is 0 Å². The Labute approximate surface area is 549 Å². The maximum absolute atomic E-state index is 12.1. The van der Waals surface area contributed by atoms with Gasteiger partial charge in [-0.25, -0.2) is 0 Å². The zero-order chi connectivity index (χ0) is 66.7. The first kappa shape index (κ1) is 79.8. The van der Waals surface area contributed by atoms with Crippen molar-refractivity contribution in [2.24, 2.45) is 29.6 Å². The second kappa shape index (κ2) is 44.9. The van der Waals surface area contributed by atoms with Crippen molar-refractivity contribution in [2.45, 2.75) is 157 Å². The van der Waals surface area contributed by atoms with Gasteiger partial charge in [-0.2, -0.15) is 0 Å². The fourth-order valence-corrected chi connectivity index (χ4v) is 12.3. The first-order valence-electron chi connectivity index (χ1n) is 35.4. The van der Waals surface area contributed by atoms with Gasteiger partial charge in [-0.15, -0.1) is 0 Å². The van der Waals surface area contributed by atoms with Gasteiger partial charge in [0.2, 0.25) is 0 Å². The average molecular weight is 1290 g/mol. The molecule has 9 aliphatic rings. The number of piperidine rings is 3. The molecule has 9 rings (SSSR count). The van der Waals surface area contributed by atoms with Crippen molar-refractivity contribution in [3.63, 3.8) is 0 Å². The van der Waals surface area contributed by atoms with Gasteiger partial charge in [0.05, 0.1) is 44.2 Å². The van der Waals surface area contributed by atoms with E-state index in [4.69, 9.17) is 23.7 Å². The highest BCUT2D eigenvalue weighted by molar-refractivity contribution is 5.77. The Hall–Kier alpha value is -3.66. The molecule has 91 heavy (non-hydrogen) atoms. The molecule has 0 saturated carbocycles. The SMILES string of the molecule is CCC(C)OC(=O)C1CN(CC)CCN1.CCN1CCCC(C(=O)OC2CCN(C)C2)C1.CCN1CCCC(C(=O)OC2CNC2)C1.CCN1CCCC(C(=O)OCC2CN(C)C2)C1.CCN1CCNC(C(=O)OC)C1.CCN1CCNC(C(=O)OCC(C)C)C1. The second-order valence-corrected chi connectivity index (χ2v) is 26.6. The Kier molecular flexibility index (Phi) is 39.4. The normalized spacial score (nSPS) is 27.0. The van der Waals surface area contributed by atoms with E-state index in [0.717, 1.165) is 228 Å². The summed E-state index contributed by atoms with van der Waals surface area (Å²) in [7, 11) is 5.60. The van der Waals surface area contributed by atoms with Gasteiger partial charge in [0.15, 0.2) is 0 Å². The fourth-order valence-electron chi connectivity index (χ4n) is 12.3. The van der Waals surface area contributed by atoms with E-state index in [0.29, 0.717) is 25.0 Å². The number of rotatable bonds is 20. The van der Waals surface area contributed by atoms with Crippen LogP contribution < -0.4 is 21.3 Å². The van der Waals surface area contributed by atoms with Crippen LogP contribution in [0, 0.1) is 29.6 Å². The van der Waals surface area contributed by atoms with Crippen LogP contribution in [0.4, 0.5) is 0 Å². The molecule has 4 N–H and O–H groups in total. The lowest BCUT2D eigenvalue weighted by Gasteiger charge is -2.36. The number of nitrogens with zero attached hydrogens (tertiary/aromatic N) is 8. The maximum Gasteiger partial charge on any atom is 0.324 e. The van der Waals surface area contributed by atoms with Crippen LogP contribution in [-0.2, 0) is 57.2 Å². The molecular formula is C67H128N12O12. The summed E-state index contributed by atoms with van der Waals surface area (Å²) in [5.74, 6) is 0.989. The quantitative estimate of drug-likeness (QED) is 0.101. The van der Waals surface area contributed by atoms with E-state index in [2.05, 4.69) is 121 Å². The molecule has 24 heteroatoms. The van der Waals surface area contributed by atoms with Crippen molar-refractivity contribution in [2.75, 3.05) is 211 Å². The smallest absolute Gasteiger partial charge is 0.324 e. The van der Waals surface area contributed by atoms with Crippen LogP contribution in [0.15, 0.2) is 0 Å². The molecule has 528 valence electrons. The zero-order valence-corrected chi connectivity index (χ0v) is 59.0. The summed E-state index contributed by atoms with van der Waals surface area (Å²) in [6.07, 6.45) is 8.51. The summed E-state index contributed by atoms with van der Waals surface area (Å²) in [4.78, 5) is 88.5. The minimum atomic E-state index is -0.159. The number of hydrogen-bond acceptors (Lipinski definition) is 24. The molecule has 8 unspecified atom stereocenters. The van der Waals surface area contributed by atoms with E-state index < -0.39 is 0 Å². The molecule has 8 atom stereocenters. The number of piperazine rings is 3. The number of carbonyl (C=O) groups is 6. The van der Waals surface area contributed by atoms with Crippen LogP contribution in [-0.4, -0.2) is 323 Å². The fraction of sp³-hybridized carbons (Fsp3) is 0.910. The van der Waals surface area contributed by atoms with Crippen LogP contribution in [0.5, 0.6) is 0 Å². The van der Waals surface area contributed by atoms with Gasteiger partial charge in [0.1, 0.15) is 30.3 Å². The summed E-state index contributed by atoms with van der Waals surface area (Å²) in [6.45, 7) is 47.8. The van der Waals surface area contributed by atoms with E-state index in [1.54, 1.807) is 0 Å². The molecular weight excluding hydrogens is 1160 g/mol. The van der Waals surface area contributed by atoms with Crippen LogP contribution in [0.3, 0.4) is 0 Å². The predicted molar refractivity (Wildman–Crippen MR) is 357 cm³/mol. The summed E-state index contributed by atoms with van der Waals surface area (Å²) >= 11 is 0. The Bertz CT molecular complexity index is 2020. The number of methoxy groups -OCH3 is 1. The topological polar surface area (TPSA) is 232 Å². The monoisotopic (exact) mass is 1290 g/mol. The highest BCUT2D eigenvalue weighted by atomic mass is 16.6. The lowest BCUT2D eigenvalue weighted by molar-refractivity contribution is -0.158. The van der Waals surface area contributed by atoms with Gasteiger partial charge < -0.3 is 88.9 Å². The minimum absolute atomic E-state index is 0.0136. The highest BCUT2D eigenvalue weighted by Gasteiger charge is 2.34. The van der Waals surface area contributed by atoms with Crippen LogP contribution in [0.2, 0.25) is 0 Å². The molecule has 0 bridgehead atoms. The molecule has 9 aliphatic heterocycles. The van der Waals surface area contributed by atoms with E-state index in [-0.39, 0.29) is 90.0 Å². The zero-order valence-electron chi connectivity index (χ0n) is 59.0. The molecule has 0 aromatic rings. The van der Waals surface area contributed by atoms with Gasteiger partial charge in [-0.1, -0.05) is 62.3 Å². The van der Waals surface area contributed by atoms with Gasteiger partial charge >= 0.3 is 35.8 Å². The standard InChI is InChI=1S/2C13H24N2O2.C11H20N2O2.2C11H22N2O2.C8H16N2O2/c1-3-15-7-4-5-11(9-15)13(16)17-12-6-8-14(2)10-12;1-3-15-6-4-5-12(9-15)13(16)17-10-11-7-14(2)8-11;1-2-13-5-3-4-9(8-13)11(14)15-10-6-12-7-10;1-4-13-6-5-12-10(7-13)11(14)15-8-9(2)3;1-4-9(3)15-11(14)10-8-13(5-2)7-6-12-10;1-3-10-5-4-9-7(6-10)8(11)12-2/h2*11-12H,3-10H2,1-2H3;9-10,12H,2-8H2,1H3;2*9-10,12H,4-8H2,1-3H3;7,9H,3-6H2,1-2H3. The number of carbonyl (C=O) groups excluding carboxylic acids is 6. The second-order valence-electron chi connectivity index (χ2n) is 26.6. The van der Waals surface area contributed by atoms with Crippen molar-refractivity contribution >= 4 is 35.8 Å². The molecule has 0 amide bonds. The van der Waals surface area contributed by atoms with Crippen LogP contribution >= 0.6 is 0 Å². The summed E-state index contributed by atoms with van der Waals surface area (Å²) in [6, 6.07) is -0.422. The highest BCUT2D eigenvalue weighted by Crippen LogP contribution is 2.23. The third-order valence-corrected chi connectivity index (χ3v) is 18.7. The number of esters is 6. The largest absolute Gasteiger partial charge is 0.468 e. The summed E-state index contributed by atoms with van der Waals surface area (Å²) in [5.41, 5.74) is 0. The molecule has 0 aromatic carbocycles. The van der Waals surface area contributed by atoms with Crippen molar-refractivity contribution < 1.29 is 57.2 Å². The summed E-state index contributed by atoms with van der Waals surface area (Å²) < 4.78 is 31.6. The van der Waals surface area contributed by atoms with E-state index >= 15 is 0 Å². The molecule has 9 fully saturated rings. The molecule has 0 aliphatic carbocycles. The van der Waals surface area contributed by atoms with Gasteiger partial charge in [0, 0.05) is 124 Å². The third-order valence-electron chi connectivity index (χ3n) is 18.7. The van der Waals surface area contributed by atoms with Crippen molar-refractivity contribution in [3.8, 4) is 0 Å². The Morgan fingerprint density at radius 2 is 0.857 bits per heavy atom. The van der Waals surface area contributed by atoms with Crippen molar-refractivity contribution in [1.82, 2.24) is 60.5 Å². The molecule has 9 saturated heterocycles. The van der Waals surface area contributed by atoms with Gasteiger partial charge in [0.25, 0.3) is 0 Å². The van der Waals surface area contributed by atoms with Crippen molar-refractivity contribution in [1.29, 1.82) is 0 Å². The summed E-state index contributed by atoms with van der Waals surface area (Å²) in [5, 5.41) is 12.6. The van der Waals surface area contributed by atoms with E-state index in [1.807, 2.05) is 27.7 Å².